The van der Waals surface area contributed by atoms with Gasteiger partial charge in [0.1, 0.15) is 0 Å². The highest BCUT2D eigenvalue weighted by molar-refractivity contribution is 4.74. The molecule has 2 atom stereocenters. The SMILES string of the molecule is CCOC(CN)C1CCCCO1. The van der Waals surface area contributed by atoms with E-state index < -0.39 is 0 Å². The second-order valence-corrected chi connectivity index (χ2v) is 3.13. The third kappa shape index (κ3) is 2.73. The largest absolute Gasteiger partial charge is 0.375 e. The van der Waals surface area contributed by atoms with Crippen molar-refractivity contribution in [3.8, 4) is 0 Å². The molecule has 0 saturated carbocycles. The Morgan fingerprint density at radius 1 is 1.58 bits per heavy atom. The Labute approximate surface area is 74.2 Å². The van der Waals surface area contributed by atoms with Crippen LogP contribution in [0.5, 0.6) is 0 Å². The monoisotopic (exact) mass is 173 g/mol. The molecule has 1 rings (SSSR count). The molecule has 1 saturated heterocycles. The Hall–Kier alpha value is -0.120. The second kappa shape index (κ2) is 5.51. The van der Waals surface area contributed by atoms with Crippen molar-refractivity contribution in [2.75, 3.05) is 19.8 Å². The van der Waals surface area contributed by atoms with Crippen molar-refractivity contribution in [1.29, 1.82) is 0 Å². The van der Waals surface area contributed by atoms with Gasteiger partial charge < -0.3 is 15.2 Å². The number of hydrogen-bond acceptors (Lipinski definition) is 3. The molecule has 1 aliphatic rings. The van der Waals surface area contributed by atoms with Crippen molar-refractivity contribution in [3.05, 3.63) is 0 Å². The van der Waals surface area contributed by atoms with Crippen LogP contribution in [0.1, 0.15) is 26.2 Å². The van der Waals surface area contributed by atoms with Crippen molar-refractivity contribution >= 4 is 0 Å². The van der Waals surface area contributed by atoms with Gasteiger partial charge in [0.2, 0.25) is 0 Å². The zero-order chi connectivity index (χ0) is 8.81. The maximum atomic E-state index is 5.58. The van der Waals surface area contributed by atoms with Crippen LogP contribution in [0.3, 0.4) is 0 Å². The summed E-state index contributed by atoms with van der Waals surface area (Å²) in [7, 11) is 0. The van der Waals surface area contributed by atoms with Gasteiger partial charge in [0, 0.05) is 19.8 Å². The lowest BCUT2D eigenvalue weighted by Gasteiger charge is -2.29. The molecule has 12 heavy (non-hydrogen) atoms. The standard InChI is InChI=1S/C9H19NO2/c1-2-11-9(7-10)8-5-3-4-6-12-8/h8-9H,2-7,10H2,1H3. The molecule has 0 radical (unpaired) electrons. The molecular formula is C9H19NO2. The molecule has 2 unspecified atom stereocenters. The van der Waals surface area contributed by atoms with Crippen LogP contribution in [0.15, 0.2) is 0 Å². The van der Waals surface area contributed by atoms with E-state index in [0.29, 0.717) is 6.54 Å². The van der Waals surface area contributed by atoms with E-state index in [1.165, 1.54) is 12.8 Å². The van der Waals surface area contributed by atoms with Crippen LogP contribution >= 0.6 is 0 Å². The summed E-state index contributed by atoms with van der Waals surface area (Å²) in [6.07, 6.45) is 3.87. The minimum absolute atomic E-state index is 0.107. The lowest BCUT2D eigenvalue weighted by molar-refractivity contribution is -0.0848. The number of ether oxygens (including phenoxy) is 2. The van der Waals surface area contributed by atoms with E-state index in [1.54, 1.807) is 0 Å². The molecule has 0 spiro atoms. The van der Waals surface area contributed by atoms with E-state index in [0.717, 1.165) is 19.6 Å². The maximum absolute atomic E-state index is 5.58. The number of nitrogens with two attached hydrogens (primary N) is 1. The number of hydrogen-bond donors (Lipinski definition) is 1. The molecule has 1 fully saturated rings. The molecule has 1 heterocycles. The summed E-state index contributed by atoms with van der Waals surface area (Å²) in [5.41, 5.74) is 5.58. The third-order valence-electron chi connectivity index (χ3n) is 2.24. The predicted molar refractivity (Wildman–Crippen MR) is 48.1 cm³/mol. The van der Waals surface area contributed by atoms with Gasteiger partial charge in [-0.1, -0.05) is 0 Å². The van der Waals surface area contributed by atoms with Crippen molar-refractivity contribution in [1.82, 2.24) is 0 Å². The summed E-state index contributed by atoms with van der Waals surface area (Å²) in [6.45, 7) is 4.15. The summed E-state index contributed by atoms with van der Waals surface area (Å²) in [5.74, 6) is 0. The van der Waals surface area contributed by atoms with Crippen molar-refractivity contribution in [2.45, 2.75) is 38.4 Å². The Kier molecular flexibility index (Phi) is 4.58. The fourth-order valence-corrected chi connectivity index (χ4v) is 1.60. The summed E-state index contributed by atoms with van der Waals surface area (Å²) >= 11 is 0. The van der Waals surface area contributed by atoms with Gasteiger partial charge in [0.25, 0.3) is 0 Å². The predicted octanol–water partition coefficient (Wildman–Crippen LogP) is 0.919. The average Bonchev–Trinajstić information content (AvgIpc) is 2.15. The van der Waals surface area contributed by atoms with Crippen LogP contribution in [0.4, 0.5) is 0 Å². The first-order valence-corrected chi connectivity index (χ1v) is 4.81. The summed E-state index contributed by atoms with van der Waals surface area (Å²) in [4.78, 5) is 0. The molecule has 0 aromatic heterocycles. The zero-order valence-electron chi connectivity index (χ0n) is 7.79. The highest BCUT2D eigenvalue weighted by Gasteiger charge is 2.23. The van der Waals surface area contributed by atoms with Crippen LogP contribution in [0.25, 0.3) is 0 Å². The smallest absolute Gasteiger partial charge is 0.0958 e. The first kappa shape index (κ1) is 9.96. The molecule has 0 amide bonds. The molecule has 1 aliphatic heterocycles. The molecule has 0 bridgehead atoms. The molecule has 0 aliphatic carbocycles. The summed E-state index contributed by atoms with van der Waals surface area (Å²) in [6, 6.07) is 0. The quantitative estimate of drug-likeness (QED) is 0.687. The summed E-state index contributed by atoms with van der Waals surface area (Å²) in [5, 5.41) is 0. The van der Waals surface area contributed by atoms with E-state index in [2.05, 4.69) is 0 Å². The Morgan fingerprint density at radius 3 is 2.92 bits per heavy atom. The molecule has 0 aromatic rings. The number of rotatable bonds is 4. The van der Waals surface area contributed by atoms with Crippen molar-refractivity contribution in [2.24, 2.45) is 5.73 Å². The van der Waals surface area contributed by atoms with Crippen LogP contribution in [-0.4, -0.2) is 32.0 Å². The normalized spacial score (nSPS) is 27.0. The molecule has 3 heteroatoms. The molecular weight excluding hydrogens is 154 g/mol. The van der Waals surface area contributed by atoms with Gasteiger partial charge in [0.05, 0.1) is 12.2 Å². The fourth-order valence-electron chi connectivity index (χ4n) is 1.60. The van der Waals surface area contributed by atoms with Gasteiger partial charge in [0.15, 0.2) is 0 Å². The first-order chi connectivity index (χ1) is 5.88. The third-order valence-corrected chi connectivity index (χ3v) is 2.24. The topological polar surface area (TPSA) is 44.5 Å². The molecule has 2 N–H and O–H groups in total. The van der Waals surface area contributed by atoms with Gasteiger partial charge in [-0.25, -0.2) is 0 Å². The van der Waals surface area contributed by atoms with E-state index in [9.17, 15) is 0 Å². The van der Waals surface area contributed by atoms with Crippen LogP contribution in [0, 0.1) is 0 Å². The molecule has 0 aromatic carbocycles. The van der Waals surface area contributed by atoms with Crippen molar-refractivity contribution in [3.63, 3.8) is 0 Å². The second-order valence-electron chi connectivity index (χ2n) is 3.13. The Balaban J connectivity index is 2.29. The minimum Gasteiger partial charge on any atom is -0.375 e. The minimum atomic E-state index is 0.107. The summed E-state index contributed by atoms with van der Waals surface area (Å²) < 4.78 is 11.1. The molecule has 72 valence electrons. The van der Waals surface area contributed by atoms with Gasteiger partial charge in [-0.15, -0.1) is 0 Å². The fraction of sp³-hybridized carbons (Fsp3) is 1.00. The van der Waals surface area contributed by atoms with E-state index in [1.807, 2.05) is 6.92 Å². The highest BCUT2D eigenvalue weighted by atomic mass is 16.5. The lowest BCUT2D eigenvalue weighted by atomic mass is 10.0. The maximum Gasteiger partial charge on any atom is 0.0958 e. The van der Waals surface area contributed by atoms with E-state index >= 15 is 0 Å². The zero-order valence-corrected chi connectivity index (χ0v) is 7.79. The average molecular weight is 173 g/mol. The van der Waals surface area contributed by atoms with Gasteiger partial charge >= 0.3 is 0 Å². The van der Waals surface area contributed by atoms with Crippen molar-refractivity contribution < 1.29 is 9.47 Å². The lowest BCUT2D eigenvalue weighted by Crippen LogP contribution is -2.39. The van der Waals surface area contributed by atoms with Gasteiger partial charge in [-0.3, -0.25) is 0 Å². The Morgan fingerprint density at radius 2 is 2.42 bits per heavy atom. The van der Waals surface area contributed by atoms with Crippen LogP contribution in [-0.2, 0) is 9.47 Å². The van der Waals surface area contributed by atoms with Crippen LogP contribution < -0.4 is 5.73 Å². The van der Waals surface area contributed by atoms with E-state index in [-0.39, 0.29) is 12.2 Å². The Bertz CT molecular complexity index is 110. The van der Waals surface area contributed by atoms with Gasteiger partial charge in [-0.05, 0) is 26.2 Å². The molecule has 3 nitrogen and oxygen atoms in total. The van der Waals surface area contributed by atoms with Crippen LogP contribution in [0.2, 0.25) is 0 Å². The van der Waals surface area contributed by atoms with E-state index in [4.69, 9.17) is 15.2 Å². The first-order valence-electron chi connectivity index (χ1n) is 4.81. The van der Waals surface area contributed by atoms with Gasteiger partial charge in [-0.2, -0.15) is 0 Å². The highest BCUT2D eigenvalue weighted by Crippen LogP contribution is 2.17.